The molecular weight excluding hydrogens is 450 g/mol. The number of carbonyl (C=O) groups excluding carboxylic acids is 2. The van der Waals surface area contributed by atoms with Gasteiger partial charge in [-0.2, -0.15) is 5.10 Å². The summed E-state index contributed by atoms with van der Waals surface area (Å²) >= 11 is 0. The lowest BCUT2D eigenvalue weighted by Gasteiger charge is -2.09. The first-order valence-electron chi connectivity index (χ1n) is 10.7. The molecule has 0 aliphatic heterocycles. The normalized spacial score (nSPS) is 10.5. The van der Waals surface area contributed by atoms with Crippen molar-refractivity contribution >= 4 is 18.0 Å². The summed E-state index contributed by atoms with van der Waals surface area (Å²) in [7, 11) is 4.62. The lowest BCUT2D eigenvalue weighted by molar-refractivity contribution is -0.120. The quantitative estimate of drug-likeness (QED) is 0.325. The molecule has 0 bridgehead atoms. The summed E-state index contributed by atoms with van der Waals surface area (Å²) in [5.74, 6) is 1.55. The molecule has 0 fully saturated rings. The highest BCUT2D eigenvalue weighted by Crippen LogP contribution is 2.27. The highest BCUT2D eigenvalue weighted by Gasteiger charge is 2.11. The number of carbonyl (C=O) groups is 2. The van der Waals surface area contributed by atoms with Gasteiger partial charge in [0.15, 0.2) is 11.5 Å². The van der Waals surface area contributed by atoms with E-state index in [1.807, 2.05) is 48.5 Å². The molecule has 0 aliphatic carbocycles. The standard InChI is InChI=1S/C26H27N3O6/c1-32-21-9-6-19(7-10-21)17-35-22-11-4-18(5-12-22)15-28-29-25(30)16-27-26(31)20-8-13-23(33-2)24(14-20)34-3/h4-15H,16-17H2,1-3H3,(H,27,31)(H,29,30). The molecular formula is C26H27N3O6. The first kappa shape index (κ1) is 25.1. The Kier molecular flexibility index (Phi) is 9.07. The van der Waals surface area contributed by atoms with Crippen LogP contribution in [0.15, 0.2) is 71.8 Å². The molecule has 0 aromatic heterocycles. The van der Waals surface area contributed by atoms with Gasteiger partial charge in [0.25, 0.3) is 11.8 Å². The van der Waals surface area contributed by atoms with Gasteiger partial charge in [-0.3, -0.25) is 9.59 Å². The van der Waals surface area contributed by atoms with Crippen molar-refractivity contribution in [3.8, 4) is 23.0 Å². The summed E-state index contributed by atoms with van der Waals surface area (Å²) in [5, 5.41) is 6.45. The molecule has 0 spiro atoms. The van der Waals surface area contributed by atoms with E-state index < -0.39 is 11.8 Å². The molecule has 0 saturated heterocycles. The van der Waals surface area contributed by atoms with Crippen molar-refractivity contribution in [2.24, 2.45) is 5.10 Å². The Morgan fingerprint density at radius 3 is 2.17 bits per heavy atom. The zero-order chi connectivity index (χ0) is 25.0. The molecule has 9 nitrogen and oxygen atoms in total. The van der Waals surface area contributed by atoms with Crippen LogP contribution in [-0.4, -0.2) is 45.9 Å². The van der Waals surface area contributed by atoms with Crippen LogP contribution in [0.25, 0.3) is 0 Å². The first-order valence-corrected chi connectivity index (χ1v) is 10.7. The van der Waals surface area contributed by atoms with E-state index in [0.29, 0.717) is 29.4 Å². The molecule has 35 heavy (non-hydrogen) atoms. The summed E-state index contributed by atoms with van der Waals surface area (Å²) in [6, 6.07) is 19.7. The average molecular weight is 478 g/mol. The van der Waals surface area contributed by atoms with Crippen LogP contribution in [0, 0.1) is 0 Å². The number of rotatable bonds is 11. The Bertz CT molecular complexity index is 1160. The smallest absolute Gasteiger partial charge is 0.259 e. The lowest BCUT2D eigenvalue weighted by atomic mass is 10.2. The molecule has 2 N–H and O–H groups in total. The van der Waals surface area contributed by atoms with Crippen molar-refractivity contribution < 1.29 is 28.5 Å². The fourth-order valence-corrected chi connectivity index (χ4v) is 3.00. The van der Waals surface area contributed by atoms with Crippen LogP contribution in [0.3, 0.4) is 0 Å². The zero-order valence-corrected chi connectivity index (χ0v) is 19.7. The van der Waals surface area contributed by atoms with Crippen LogP contribution in [0.4, 0.5) is 0 Å². The molecule has 0 heterocycles. The molecule has 0 aliphatic rings. The number of hydrazone groups is 1. The summed E-state index contributed by atoms with van der Waals surface area (Å²) in [5.41, 5.74) is 4.52. The largest absolute Gasteiger partial charge is 0.497 e. The van der Waals surface area contributed by atoms with Crippen molar-refractivity contribution in [2.75, 3.05) is 27.9 Å². The predicted octanol–water partition coefficient (Wildman–Crippen LogP) is 3.17. The topological polar surface area (TPSA) is 107 Å². The van der Waals surface area contributed by atoms with Gasteiger partial charge in [0, 0.05) is 5.56 Å². The number of nitrogens with zero attached hydrogens (tertiary/aromatic N) is 1. The molecule has 3 aromatic rings. The summed E-state index contributed by atoms with van der Waals surface area (Å²) < 4.78 is 21.2. The minimum Gasteiger partial charge on any atom is -0.497 e. The maximum absolute atomic E-state index is 12.3. The van der Waals surface area contributed by atoms with E-state index in [0.717, 1.165) is 16.9 Å². The van der Waals surface area contributed by atoms with Crippen molar-refractivity contribution in [2.45, 2.75) is 6.61 Å². The molecule has 3 rings (SSSR count). The molecule has 0 unspecified atom stereocenters. The number of nitrogens with one attached hydrogen (secondary N) is 2. The second-order valence-corrected chi connectivity index (χ2v) is 7.25. The Hall–Kier alpha value is -4.53. The van der Waals surface area contributed by atoms with Gasteiger partial charge in [-0.1, -0.05) is 12.1 Å². The summed E-state index contributed by atoms with van der Waals surface area (Å²) in [6.07, 6.45) is 1.50. The molecule has 3 aromatic carbocycles. The van der Waals surface area contributed by atoms with Gasteiger partial charge in [0.05, 0.1) is 34.1 Å². The van der Waals surface area contributed by atoms with Gasteiger partial charge in [-0.05, 0) is 65.7 Å². The Balaban J connectivity index is 1.42. The molecule has 9 heteroatoms. The number of ether oxygens (including phenoxy) is 4. The van der Waals surface area contributed by atoms with Crippen LogP contribution in [0.5, 0.6) is 23.0 Å². The molecule has 2 amide bonds. The third-order valence-corrected chi connectivity index (χ3v) is 4.90. The predicted molar refractivity (Wildman–Crippen MR) is 131 cm³/mol. The van der Waals surface area contributed by atoms with Crippen LogP contribution in [0.2, 0.25) is 0 Å². The van der Waals surface area contributed by atoms with Crippen LogP contribution >= 0.6 is 0 Å². The van der Waals surface area contributed by atoms with E-state index in [1.165, 1.54) is 26.5 Å². The number of hydrogen-bond acceptors (Lipinski definition) is 7. The third kappa shape index (κ3) is 7.50. The monoisotopic (exact) mass is 477 g/mol. The van der Waals surface area contributed by atoms with Crippen LogP contribution in [-0.2, 0) is 11.4 Å². The number of benzene rings is 3. The zero-order valence-electron chi connectivity index (χ0n) is 19.7. The highest BCUT2D eigenvalue weighted by molar-refractivity contribution is 5.97. The van der Waals surface area contributed by atoms with Crippen molar-refractivity contribution in [3.05, 3.63) is 83.4 Å². The summed E-state index contributed by atoms with van der Waals surface area (Å²) in [6.45, 7) is 0.200. The first-order chi connectivity index (χ1) is 17.0. The molecule has 0 radical (unpaired) electrons. The van der Waals surface area contributed by atoms with E-state index in [9.17, 15) is 9.59 Å². The van der Waals surface area contributed by atoms with E-state index in [-0.39, 0.29) is 6.54 Å². The van der Waals surface area contributed by atoms with Gasteiger partial charge >= 0.3 is 0 Å². The van der Waals surface area contributed by atoms with Gasteiger partial charge in [0.1, 0.15) is 18.1 Å². The Morgan fingerprint density at radius 2 is 1.51 bits per heavy atom. The van der Waals surface area contributed by atoms with E-state index >= 15 is 0 Å². The third-order valence-electron chi connectivity index (χ3n) is 4.90. The van der Waals surface area contributed by atoms with E-state index in [2.05, 4.69) is 15.8 Å². The van der Waals surface area contributed by atoms with Crippen molar-refractivity contribution in [1.29, 1.82) is 0 Å². The minimum atomic E-state index is -0.463. The maximum atomic E-state index is 12.3. The van der Waals surface area contributed by atoms with E-state index in [4.69, 9.17) is 18.9 Å². The minimum absolute atomic E-state index is 0.233. The fourth-order valence-electron chi connectivity index (χ4n) is 3.00. The molecule has 0 atom stereocenters. The van der Waals surface area contributed by atoms with Crippen molar-refractivity contribution in [1.82, 2.24) is 10.7 Å². The van der Waals surface area contributed by atoms with Gasteiger partial charge < -0.3 is 24.3 Å². The number of amides is 2. The Morgan fingerprint density at radius 1 is 0.829 bits per heavy atom. The second-order valence-electron chi connectivity index (χ2n) is 7.25. The van der Waals surface area contributed by atoms with Crippen LogP contribution in [0.1, 0.15) is 21.5 Å². The van der Waals surface area contributed by atoms with Gasteiger partial charge in [-0.15, -0.1) is 0 Å². The number of methoxy groups -OCH3 is 3. The van der Waals surface area contributed by atoms with Crippen LogP contribution < -0.4 is 29.7 Å². The van der Waals surface area contributed by atoms with Gasteiger partial charge in [0.2, 0.25) is 0 Å². The highest BCUT2D eigenvalue weighted by atomic mass is 16.5. The fraction of sp³-hybridized carbons (Fsp3) is 0.192. The summed E-state index contributed by atoms with van der Waals surface area (Å²) in [4.78, 5) is 24.3. The number of hydrogen-bond donors (Lipinski definition) is 2. The lowest BCUT2D eigenvalue weighted by Crippen LogP contribution is -2.34. The second kappa shape index (κ2) is 12.6. The molecule has 0 saturated carbocycles. The average Bonchev–Trinajstić information content (AvgIpc) is 2.91. The SMILES string of the molecule is COc1ccc(COc2ccc(C=NNC(=O)CNC(=O)c3ccc(OC)c(OC)c3)cc2)cc1. The van der Waals surface area contributed by atoms with Gasteiger partial charge in [-0.25, -0.2) is 5.43 Å². The van der Waals surface area contributed by atoms with E-state index in [1.54, 1.807) is 19.2 Å². The van der Waals surface area contributed by atoms with Crippen molar-refractivity contribution in [3.63, 3.8) is 0 Å². The maximum Gasteiger partial charge on any atom is 0.259 e. The molecule has 182 valence electrons. The Labute approximate surface area is 203 Å².